The average molecular weight is 316 g/mol. The normalized spacial score (nSPS) is 33.3. The van der Waals surface area contributed by atoms with E-state index in [1.54, 1.807) is 0 Å². The summed E-state index contributed by atoms with van der Waals surface area (Å²) in [6.45, 7) is 10.7. The lowest BCUT2D eigenvalue weighted by Gasteiger charge is -2.48. The molecule has 3 heteroatoms. The zero-order valence-electron chi connectivity index (χ0n) is 15.2. The van der Waals surface area contributed by atoms with Gasteiger partial charge < -0.3 is 4.74 Å². The van der Waals surface area contributed by atoms with Crippen molar-refractivity contribution in [1.82, 2.24) is 0 Å². The third-order valence-corrected chi connectivity index (χ3v) is 6.49. The summed E-state index contributed by atoms with van der Waals surface area (Å²) >= 11 is 0. The van der Waals surface area contributed by atoms with Crippen LogP contribution in [0.5, 0.6) is 0 Å². The molecular formula is C20H28O3. The Morgan fingerprint density at radius 1 is 1.09 bits per heavy atom. The van der Waals surface area contributed by atoms with Crippen LogP contribution in [0.3, 0.4) is 0 Å². The van der Waals surface area contributed by atoms with Crippen molar-refractivity contribution in [2.75, 3.05) is 7.11 Å². The van der Waals surface area contributed by atoms with E-state index in [9.17, 15) is 9.59 Å². The number of hydrogen-bond donors (Lipinski definition) is 0. The molecular weight excluding hydrogens is 288 g/mol. The minimum atomic E-state index is -0.184. The van der Waals surface area contributed by atoms with E-state index in [1.807, 2.05) is 13.8 Å². The number of ketones is 2. The quantitative estimate of drug-likeness (QED) is 0.716. The molecule has 0 heterocycles. The van der Waals surface area contributed by atoms with Crippen LogP contribution in [0.25, 0.3) is 0 Å². The maximum atomic E-state index is 13.2. The number of ether oxygens (including phenoxy) is 1. The Hall–Kier alpha value is -1.38. The van der Waals surface area contributed by atoms with Gasteiger partial charge >= 0.3 is 0 Å². The molecule has 0 saturated heterocycles. The average Bonchev–Trinajstić information content (AvgIpc) is 2.77. The van der Waals surface area contributed by atoms with Crippen LogP contribution in [0, 0.1) is 22.7 Å². The topological polar surface area (TPSA) is 43.4 Å². The molecule has 0 bridgehead atoms. The third-order valence-electron chi connectivity index (χ3n) is 6.49. The number of fused-ring (bicyclic) bond motifs is 2. The molecule has 0 aliphatic heterocycles. The third kappa shape index (κ3) is 2.08. The molecule has 0 N–H and O–H groups in total. The first-order chi connectivity index (χ1) is 10.6. The molecule has 3 aliphatic rings. The Morgan fingerprint density at radius 2 is 1.74 bits per heavy atom. The maximum absolute atomic E-state index is 13.2. The van der Waals surface area contributed by atoms with Crippen molar-refractivity contribution < 1.29 is 14.3 Å². The summed E-state index contributed by atoms with van der Waals surface area (Å²) in [4.78, 5) is 26.3. The molecule has 0 aromatic rings. The van der Waals surface area contributed by atoms with Crippen molar-refractivity contribution in [3.8, 4) is 0 Å². The number of carbonyl (C=O) groups is 2. The molecule has 0 spiro atoms. The number of Topliss-reactive ketones (excluding diaryl/α,β-unsaturated/α-hetero) is 2. The van der Waals surface area contributed by atoms with Gasteiger partial charge in [-0.3, -0.25) is 9.59 Å². The summed E-state index contributed by atoms with van der Waals surface area (Å²) in [6, 6.07) is 0. The lowest BCUT2D eigenvalue weighted by atomic mass is 9.56. The number of methoxy groups -OCH3 is 1. The van der Waals surface area contributed by atoms with Crippen LogP contribution in [0.15, 0.2) is 22.5 Å². The Bertz CT molecular complexity index is 648. The zero-order chi connectivity index (χ0) is 17.2. The van der Waals surface area contributed by atoms with Crippen molar-refractivity contribution >= 4 is 11.6 Å². The Balaban J connectivity index is 2.15. The Kier molecular flexibility index (Phi) is 3.62. The van der Waals surface area contributed by atoms with Crippen molar-refractivity contribution in [2.45, 2.75) is 60.3 Å². The second-order valence-corrected chi connectivity index (χ2v) is 8.63. The number of rotatable bonds is 2. The first-order valence-electron chi connectivity index (χ1n) is 8.76. The molecule has 0 radical (unpaired) electrons. The van der Waals surface area contributed by atoms with E-state index in [0.717, 1.165) is 36.8 Å². The van der Waals surface area contributed by atoms with Crippen LogP contribution in [0.2, 0.25) is 0 Å². The first kappa shape index (κ1) is 16.5. The Morgan fingerprint density at radius 3 is 2.30 bits per heavy atom. The summed E-state index contributed by atoms with van der Waals surface area (Å²) in [5, 5.41) is 0. The van der Waals surface area contributed by atoms with Gasteiger partial charge in [-0.25, -0.2) is 0 Å². The van der Waals surface area contributed by atoms with Gasteiger partial charge in [0.2, 0.25) is 5.78 Å². The zero-order valence-corrected chi connectivity index (χ0v) is 15.2. The molecule has 1 fully saturated rings. The smallest absolute Gasteiger partial charge is 0.224 e. The molecule has 23 heavy (non-hydrogen) atoms. The second-order valence-electron chi connectivity index (χ2n) is 8.63. The highest BCUT2D eigenvalue weighted by molar-refractivity contribution is 6.25. The summed E-state index contributed by atoms with van der Waals surface area (Å²) in [5.41, 5.74) is 2.09. The molecule has 0 aromatic heterocycles. The van der Waals surface area contributed by atoms with E-state index in [1.165, 1.54) is 7.11 Å². The van der Waals surface area contributed by atoms with Crippen molar-refractivity contribution in [3.63, 3.8) is 0 Å². The number of carbonyl (C=O) groups excluding carboxylic acids is 2. The van der Waals surface area contributed by atoms with E-state index in [4.69, 9.17) is 4.74 Å². The van der Waals surface area contributed by atoms with Crippen LogP contribution >= 0.6 is 0 Å². The SMILES string of the molecule is COC1=C(C(C)C)C(=O)C2=C(C1=O)[C@@]1(C)CCCC(C)(C)[C@H]1C2. The number of hydrogen-bond acceptors (Lipinski definition) is 3. The van der Waals surface area contributed by atoms with Gasteiger partial charge in [0, 0.05) is 22.1 Å². The van der Waals surface area contributed by atoms with Crippen LogP contribution in [-0.2, 0) is 14.3 Å². The van der Waals surface area contributed by atoms with Gasteiger partial charge in [0.05, 0.1) is 7.11 Å². The Labute approximate surface area is 139 Å². The maximum Gasteiger partial charge on any atom is 0.224 e. The van der Waals surface area contributed by atoms with Gasteiger partial charge in [0.15, 0.2) is 11.5 Å². The molecule has 2 atom stereocenters. The van der Waals surface area contributed by atoms with Gasteiger partial charge in [-0.2, -0.15) is 0 Å². The monoisotopic (exact) mass is 316 g/mol. The van der Waals surface area contributed by atoms with Crippen LogP contribution in [-0.4, -0.2) is 18.7 Å². The van der Waals surface area contributed by atoms with Crippen molar-refractivity contribution in [1.29, 1.82) is 0 Å². The summed E-state index contributed by atoms with van der Waals surface area (Å²) in [5.74, 6) is 0.672. The predicted octanol–water partition coefficient (Wildman–Crippen LogP) is 4.23. The minimum absolute atomic E-state index is 0.00102. The molecule has 0 amide bonds. The summed E-state index contributed by atoms with van der Waals surface area (Å²) < 4.78 is 5.41. The highest BCUT2D eigenvalue weighted by Gasteiger charge is 2.58. The van der Waals surface area contributed by atoms with E-state index in [2.05, 4.69) is 20.8 Å². The summed E-state index contributed by atoms with van der Waals surface area (Å²) in [6.07, 6.45) is 4.02. The van der Waals surface area contributed by atoms with Gasteiger partial charge in [-0.15, -0.1) is 0 Å². The molecule has 0 aromatic carbocycles. The van der Waals surface area contributed by atoms with Crippen LogP contribution in [0.1, 0.15) is 60.3 Å². The molecule has 126 valence electrons. The van der Waals surface area contributed by atoms with Crippen LogP contribution < -0.4 is 0 Å². The highest BCUT2D eigenvalue weighted by atomic mass is 16.5. The van der Waals surface area contributed by atoms with E-state index < -0.39 is 0 Å². The van der Waals surface area contributed by atoms with Gasteiger partial charge in [-0.05, 0) is 36.5 Å². The fraction of sp³-hybridized carbons (Fsp3) is 0.700. The largest absolute Gasteiger partial charge is 0.492 e. The van der Waals surface area contributed by atoms with E-state index in [0.29, 0.717) is 11.5 Å². The molecule has 3 aliphatic carbocycles. The van der Waals surface area contributed by atoms with E-state index >= 15 is 0 Å². The van der Waals surface area contributed by atoms with Crippen LogP contribution in [0.4, 0.5) is 0 Å². The standard InChI is InChI=1S/C20H28O3/c1-11(2)14-16(21)12-10-13-19(3,4)8-7-9-20(13,5)15(12)17(22)18(14)23-6/h11,13H,7-10H2,1-6H3/t13-,20+/m1/s1. The highest BCUT2D eigenvalue weighted by Crippen LogP contribution is 2.63. The van der Waals surface area contributed by atoms with Gasteiger partial charge in [0.25, 0.3) is 0 Å². The summed E-state index contributed by atoms with van der Waals surface area (Å²) in [7, 11) is 1.51. The molecule has 3 nitrogen and oxygen atoms in total. The lowest BCUT2D eigenvalue weighted by Crippen LogP contribution is -2.42. The second kappa shape index (κ2) is 5.06. The predicted molar refractivity (Wildman–Crippen MR) is 89.8 cm³/mol. The van der Waals surface area contributed by atoms with Crippen molar-refractivity contribution in [2.24, 2.45) is 22.7 Å². The van der Waals surface area contributed by atoms with E-state index in [-0.39, 0.29) is 34.1 Å². The molecule has 3 rings (SSSR count). The molecule has 0 unspecified atom stereocenters. The lowest BCUT2D eigenvalue weighted by molar-refractivity contribution is -0.120. The first-order valence-corrected chi connectivity index (χ1v) is 8.76. The fourth-order valence-corrected chi connectivity index (χ4v) is 5.40. The fourth-order valence-electron chi connectivity index (χ4n) is 5.40. The van der Waals surface area contributed by atoms with Gasteiger partial charge in [-0.1, -0.05) is 41.0 Å². The number of allylic oxidation sites excluding steroid dienone is 3. The minimum Gasteiger partial charge on any atom is -0.492 e. The van der Waals surface area contributed by atoms with Gasteiger partial charge in [0.1, 0.15) is 0 Å². The van der Waals surface area contributed by atoms with Crippen molar-refractivity contribution in [3.05, 3.63) is 22.5 Å². The molecule has 1 saturated carbocycles.